The van der Waals surface area contributed by atoms with Gasteiger partial charge >= 0.3 is 0 Å². The lowest BCUT2D eigenvalue weighted by Gasteiger charge is -2.31. The van der Waals surface area contributed by atoms with Gasteiger partial charge in [-0.05, 0) is 45.0 Å². The minimum Gasteiger partial charge on any atom is -0.329 e. The van der Waals surface area contributed by atoms with Crippen molar-refractivity contribution in [3.63, 3.8) is 0 Å². The summed E-state index contributed by atoms with van der Waals surface area (Å²) in [5, 5.41) is 0. The highest BCUT2D eigenvalue weighted by atomic mass is 35.5. The first-order valence-corrected chi connectivity index (χ1v) is 6.15. The fourth-order valence-electron chi connectivity index (χ4n) is 2.43. The molecule has 0 aliphatic carbocycles. The van der Waals surface area contributed by atoms with E-state index in [0.29, 0.717) is 5.92 Å². The first-order valence-electron chi connectivity index (χ1n) is 6.15. The second kappa shape index (κ2) is 10.7. The van der Waals surface area contributed by atoms with Crippen LogP contribution in [0.5, 0.6) is 0 Å². The number of rotatable bonds is 3. The number of piperidine rings is 1. The predicted molar refractivity (Wildman–Crippen MR) is 88.2 cm³/mol. The smallest absolute Gasteiger partial charge is 0.0438 e. The van der Waals surface area contributed by atoms with Gasteiger partial charge in [-0.15, -0.1) is 37.2 Å². The average molecular weight is 329 g/mol. The van der Waals surface area contributed by atoms with Crippen LogP contribution in [-0.2, 0) is 0 Å². The van der Waals surface area contributed by atoms with Gasteiger partial charge in [0, 0.05) is 30.4 Å². The molecule has 2 heterocycles. The fraction of sp³-hybridized carbons (Fsp3) is 0.615. The monoisotopic (exact) mass is 327 g/mol. The van der Waals surface area contributed by atoms with Crippen molar-refractivity contribution in [2.24, 2.45) is 5.73 Å². The largest absolute Gasteiger partial charge is 0.329 e. The third-order valence-corrected chi connectivity index (χ3v) is 3.36. The molecule has 6 heteroatoms. The van der Waals surface area contributed by atoms with E-state index < -0.39 is 0 Å². The minimum absolute atomic E-state index is 0. The van der Waals surface area contributed by atoms with Crippen molar-refractivity contribution in [2.75, 3.05) is 26.2 Å². The summed E-state index contributed by atoms with van der Waals surface area (Å²) < 4.78 is 0. The number of halogens is 3. The number of aryl methyl sites for hydroxylation is 1. The molecule has 1 aliphatic rings. The van der Waals surface area contributed by atoms with Gasteiger partial charge < -0.3 is 10.6 Å². The Hall–Kier alpha value is -0.0600. The molecule has 1 aromatic heterocycles. The van der Waals surface area contributed by atoms with Crippen molar-refractivity contribution < 1.29 is 0 Å². The Balaban J connectivity index is 0. The summed E-state index contributed by atoms with van der Waals surface area (Å²) in [6.45, 7) is 6.20. The molecule has 3 nitrogen and oxygen atoms in total. The van der Waals surface area contributed by atoms with Crippen molar-refractivity contribution in [2.45, 2.75) is 25.7 Å². The van der Waals surface area contributed by atoms with Crippen LogP contribution in [0, 0.1) is 6.92 Å². The van der Waals surface area contributed by atoms with Crippen LogP contribution in [0.3, 0.4) is 0 Å². The molecule has 1 fully saturated rings. The van der Waals surface area contributed by atoms with Gasteiger partial charge in [0.25, 0.3) is 0 Å². The molecule has 2 rings (SSSR count). The first kappa shape index (κ1) is 21.2. The van der Waals surface area contributed by atoms with E-state index in [1.54, 1.807) is 0 Å². The summed E-state index contributed by atoms with van der Waals surface area (Å²) in [5.41, 5.74) is 7.97. The molecule has 0 aromatic carbocycles. The SMILES string of the molecule is Cc1cccc(C2CCN(CCN)CC2)n1.Cl.Cl.Cl. The summed E-state index contributed by atoms with van der Waals surface area (Å²) in [5.74, 6) is 0.647. The Morgan fingerprint density at radius 1 is 1.21 bits per heavy atom. The third-order valence-electron chi connectivity index (χ3n) is 3.36. The minimum atomic E-state index is 0. The molecular weight excluding hydrogens is 305 g/mol. The summed E-state index contributed by atoms with van der Waals surface area (Å²) in [6, 6.07) is 6.34. The molecule has 1 aromatic rings. The van der Waals surface area contributed by atoms with E-state index in [1.165, 1.54) is 18.5 Å². The highest BCUT2D eigenvalue weighted by Gasteiger charge is 2.20. The van der Waals surface area contributed by atoms with Crippen LogP contribution in [0.4, 0.5) is 0 Å². The van der Waals surface area contributed by atoms with E-state index in [-0.39, 0.29) is 37.2 Å². The number of likely N-dealkylation sites (tertiary alicyclic amines) is 1. The van der Waals surface area contributed by atoms with Gasteiger partial charge in [-0.1, -0.05) is 6.07 Å². The zero-order chi connectivity index (χ0) is 11.4. The van der Waals surface area contributed by atoms with Gasteiger partial charge in [0.1, 0.15) is 0 Å². The molecule has 0 atom stereocenters. The second-order valence-electron chi connectivity index (χ2n) is 4.61. The number of pyridine rings is 1. The van der Waals surface area contributed by atoms with Gasteiger partial charge in [0.2, 0.25) is 0 Å². The molecule has 0 bridgehead atoms. The van der Waals surface area contributed by atoms with Crippen LogP contribution >= 0.6 is 37.2 Å². The summed E-state index contributed by atoms with van der Waals surface area (Å²) in [7, 11) is 0. The van der Waals surface area contributed by atoms with Gasteiger partial charge in [-0.25, -0.2) is 0 Å². The van der Waals surface area contributed by atoms with Crippen molar-refractivity contribution in [3.05, 3.63) is 29.6 Å². The molecule has 0 spiro atoms. The van der Waals surface area contributed by atoms with Gasteiger partial charge in [0.15, 0.2) is 0 Å². The van der Waals surface area contributed by atoms with Crippen LogP contribution in [0.1, 0.15) is 30.1 Å². The maximum Gasteiger partial charge on any atom is 0.0438 e. The highest BCUT2D eigenvalue weighted by molar-refractivity contribution is 5.86. The van der Waals surface area contributed by atoms with Crippen molar-refractivity contribution in [1.29, 1.82) is 0 Å². The molecule has 2 N–H and O–H groups in total. The molecule has 1 saturated heterocycles. The van der Waals surface area contributed by atoms with Crippen molar-refractivity contribution >= 4 is 37.2 Å². The van der Waals surface area contributed by atoms with Crippen LogP contribution in [0.25, 0.3) is 0 Å². The molecule has 112 valence electrons. The highest BCUT2D eigenvalue weighted by Crippen LogP contribution is 2.26. The Morgan fingerprint density at radius 3 is 2.37 bits per heavy atom. The Labute approximate surface area is 134 Å². The number of nitrogens with two attached hydrogens (primary N) is 1. The molecule has 0 amide bonds. The zero-order valence-electron chi connectivity index (χ0n) is 11.2. The molecular formula is C13H24Cl3N3. The summed E-state index contributed by atoms with van der Waals surface area (Å²) in [6.07, 6.45) is 2.44. The second-order valence-corrected chi connectivity index (χ2v) is 4.61. The van der Waals surface area contributed by atoms with Crippen molar-refractivity contribution in [1.82, 2.24) is 9.88 Å². The van der Waals surface area contributed by atoms with Gasteiger partial charge in [0.05, 0.1) is 0 Å². The quantitative estimate of drug-likeness (QED) is 0.927. The Bertz CT molecular complexity index is 342. The Morgan fingerprint density at radius 2 is 1.84 bits per heavy atom. The summed E-state index contributed by atoms with van der Waals surface area (Å²) in [4.78, 5) is 7.08. The van der Waals surface area contributed by atoms with E-state index in [9.17, 15) is 0 Å². The molecule has 1 aliphatic heterocycles. The van der Waals surface area contributed by atoms with E-state index in [4.69, 9.17) is 5.73 Å². The van der Waals surface area contributed by atoms with Crippen LogP contribution < -0.4 is 5.73 Å². The van der Waals surface area contributed by atoms with E-state index in [1.807, 2.05) is 0 Å². The lowest BCUT2D eigenvalue weighted by molar-refractivity contribution is 0.216. The normalized spacial score (nSPS) is 15.9. The Kier molecular flexibility index (Phi) is 12.0. The van der Waals surface area contributed by atoms with Gasteiger partial charge in [-0.2, -0.15) is 0 Å². The van der Waals surface area contributed by atoms with Gasteiger partial charge in [-0.3, -0.25) is 4.98 Å². The standard InChI is InChI=1S/C13H21N3.3ClH/c1-11-3-2-4-13(15-11)12-5-8-16(9-6-12)10-7-14;;;/h2-4,12H,5-10,14H2,1H3;3*1H. The molecule has 19 heavy (non-hydrogen) atoms. The van der Waals surface area contributed by atoms with Crippen molar-refractivity contribution in [3.8, 4) is 0 Å². The van der Waals surface area contributed by atoms with Crippen LogP contribution in [-0.4, -0.2) is 36.1 Å². The molecule has 0 unspecified atom stereocenters. The van der Waals surface area contributed by atoms with E-state index in [2.05, 4.69) is 35.0 Å². The predicted octanol–water partition coefficient (Wildman–Crippen LogP) is 2.79. The number of hydrogen-bond acceptors (Lipinski definition) is 3. The van der Waals surface area contributed by atoms with E-state index in [0.717, 1.165) is 31.9 Å². The zero-order valence-corrected chi connectivity index (χ0v) is 13.7. The van der Waals surface area contributed by atoms with Crippen LogP contribution in [0.15, 0.2) is 18.2 Å². The number of nitrogens with zero attached hydrogens (tertiary/aromatic N) is 2. The first-order chi connectivity index (χ1) is 7.79. The molecule has 0 saturated carbocycles. The summed E-state index contributed by atoms with van der Waals surface area (Å²) >= 11 is 0. The van der Waals surface area contributed by atoms with E-state index >= 15 is 0 Å². The lowest BCUT2D eigenvalue weighted by Crippen LogP contribution is -2.36. The number of hydrogen-bond donors (Lipinski definition) is 1. The third kappa shape index (κ3) is 6.28. The molecule has 0 radical (unpaired) electrons. The maximum absolute atomic E-state index is 5.57. The topological polar surface area (TPSA) is 42.1 Å². The average Bonchev–Trinajstić information content (AvgIpc) is 2.30. The number of aromatic nitrogens is 1. The maximum atomic E-state index is 5.57. The fourth-order valence-corrected chi connectivity index (χ4v) is 2.43. The lowest BCUT2D eigenvalue weighted by atomic mass is 9.93. The van der Waals surface area contributed by atoms with Crippen LogP contribution in [0.2, 0.25) is 0 Å².